The molecule has 1 aliphatic rings. The molecular weight excluding hydrogens is 222 g/mol. The molecule has 7 heteroatoms. The summed E-state index contributed by atoms with van der Waals surface area (Å²) in [5.41, 5.74) is 5.85. The zero-order valence-electron chi connectivity index (χ0n) is 9.32. The SMILES string of the molecule is N/C(=N/O)c1ccnc(N(CCO)C2CC2)n1. The van der Waals surface area contributed by atoms with Crippen molar-refractivity contribution in [2.75, 3.05) is 18.1 Å². The Morgan fingerprint density at radius 1 is 1.59 bits per heavy atom. The van der Waals surface area contributed by atoms with E-state index in [-0.39, 0.29) is 12.4 Å². The Morgan fingerprint density at radius 3 is 2.94 bits per heavy atom. The van der Waals surface area contributed by atoms with E-state index in [9.17, 15) is 0 Å². The summed E-state index contributed by atoms with van der Waals surface area (Å²) in [6.45, 7) is 0.540. The van der Waals surface area contributed by atoms with Gasteiger partial charge in [-0.25, -0.2) is 9.97 Å². The van der Waals surface area contributed by atoms with Crippen LogP contribution in [0.4, 0.5) is 5.95 Å². The number of aliphatic hydroxyl groups is 1. The number of amidine groups is 1. The second-order valence-corrected chi connectivity index (χ2v) is 3.88. The van der Waals surface area contributed by atoms with Crippen LogP contribution in [0.3, 0.4) is 0 Å². The van der Waals surface area contributed by atoms with Crippen molar-refractivity contribution < 1.29 is 10.3 Å². The first kappa shape index (κ1) is 11.6. The molecule has 0 unspecified atom stereocenters. The first-order chi connectivity index (χ1) is 8.26. The summed E-state index contributed by atoms with van der Waals surface area (Å²) in [4.78, 5) is 10.3. The molecule has 0 amide bonds. The fraction of sp³-hybridized carbons (Fsp3) is 0.500. The molecule has 92 valence electrons. The number of rotatable bonds is 5. The third-order valence-corrected chi connectivity index (χ3v) is 2.60. The molecule has 0 radical (unpaired) electrons. The zero-order valence-corrected chi connectivity index (χ0v) is 9.32. The molecular formula is C10H15N5O2. The van der Waals surface area contributed by atoms with Crippen LogP contribution in [0.25, 0.3) is 0 Å². The van der Waals surface area contributed by atoms with E-state index in [1.807, 2.05) is 4.90 Å². The van der Waals surface area contributed by atoms with E-state index in [2.05, 4.69) is 15.1 Å². The van der Waals surface area contributed by atoms with Crippen molar-refractivity contribution >= 4 is 11.8 Å². The van der Waals surface area contributed by atoms with Crippen molar-refractivity contribution in [3.8, 4) is 0 Å². The molecule has 1 fully saturated rings. The van der Waals surface area contributed by atoms with Gasteiger partial charge in [0.2, 0.25) is 5.95 Å². The van der Waals surface area contributed by atoms with E-state index in [1.165, 1.54) is 0 Å². The zero-order chi connectivity index (χ0) is 12.3. The Morgan fingerprint density at radius 2 is 2.35 bits per heavy atom. The van der Waals surface area contributed by atoms with E-state index in [0.717, 1.165) is 12.8 Å². The van der Waals surface area contributed by atoms with E-state index in [1.54, 1.807) is 12.3 Å². The molecule has 0 atom stereocenters. The Kier molecular flexibility index (Phi) is 3.38. The standard InChI is InChI=1S/C10H15N5O2/c11-9(14-17)8-3-4-12-10(13-8)15(5-6-16)7-1-2-7/h3-4,7,16-17H,1-2,5-6H2,(H2,11,14). The normalized spacial score (nSPS) is 15.9. The molecule has 4 N–H and O–H groups in total. The molecule has 0 spiro atoms. The van der Waals surface area contributed by atoms with Crippen LogP contribution in [0.5, 0.6) is 0 Å². The maximum Gasteiger partial charge on any atom is 0.226 e. The largest absolute Gasteiger partial charge is 0.409 e. The Hall–Kier alpha value is -1.89. The molecule has 0 saturated heterocycles. The minimum absolute atomic E-state index is 0.0478. The first-order valence-corrected chi connectivity index (χ1v) is 5.44. The molecule has 1 aromatic heterocycles. The molecule has 0 aromatic carbocycles. The minimum atomic E-state index is -0.0478. The number of nitrogens with two attached hydrogens (primary N) is 1. The predicted octanol–water partition coefficient (Wildman–Crippen LogP) is -0.468. The van der Waals surface area contributed by atoms with Gasteiger partial charge in [-0.1, -0.05) is 5.16 Å². The van der Waals surface area contributed by atoms with Crippen LogP contribution >= 0.6 is 0 Å². The van der Waals surface area contributed by atoms with E-state index in [4.69, 9.17) is 16.0 Å². The molecule has 1 aromatic rings. The highest BCUT2D eigenvalue weighted by Gasteiger charge is 2.30. The first-order valence-electron chi connectivity index (χ1n) is 5.44. The Bertz CT molecular complexity index is 419. The minimum Gasteiger partial charge on any atom is -0.409 e. The molecule has 0 bridgehead atoms. The lowest BCUT2D eigenvalue weighted by Gasteiger charge is -2.21. The number of hydrogen-bond acceptors (Lipinski definition) is 6. The summed E-state index contributed by atoms with van der Waals surface area (Å²) < 4.78 is 0. The van der Waals surface area contributed by atoms with Gasteiger partial charge < -0.3 is 20.9 Å². The lowest BCUT2D eigenvalue weighted by molar-refractivity contribution is 0.300. The summed E-state index contributed by atoms with van der Waals surface area (Å²) in [5.74, 6) is 0.457. The number of aliphatic hydroxyl groups excluding tert-OH is 1. The van der Waals surface area contributed by atoms with Gasteiger partial charge >= 0.3 is 0 Å². The molecule has 17 heavy (non-hydrogen) atoms. The van der Waals surface area contributed by atoms with Crippen molar-refractivity contribution in [2.24, 2.45) is 10.9 Å². The summed E-state index contributed by atoms with van der Waals surface area (Å²) >= 11 is 0. The monoisotopic (exact) mass is 237 g/mol. The van der Waals surface area contributed by atoms with Crippen molar-refractivity contribution in [3.63, 3.8) is 0 Å². The average molecular weight is 237 g/mol. The fourth-order valence-electron chi connectivity index (χ4n) is 1.62. The van der Waals surface area contributed by atoms with Crippen molar-refractivity contribution in [1.82, 2.24) is 9.97 Å². The van der Waals surface area contributed by atoms with Crippen molar-refractivity contribution in [2.45, 2.75) is 18.9 Å². The van der Waals surface area contributed by atoms with Gasteiger partial charge in [0.15, 0.2) is 5.84 Å². The van der Waals surface area contributed by atoms with Crippen molar-refractivity contribution in [1.29, 1.82) is 0 Å². The molecule has 1 heterocycles. The van der Waals surface area contributed by atoms with Gasteiger partial charge in [0.05, 0.1) is 6.61 Å². The highest BCUT2D eigenvalue weighted by atomic mass is 16.4. The van der Waals surface area contributed by atoms with Gasteiger partial charge in [-0.3, -0.25) is 0 Å². The molecule has 2 rings (SSSR count). The van der Waals surface area contributed by atoms with E-state index < -0.39 is 0 Å². The quantitative estimate of drug-likeness (QED) is 0.276. The molecule has 0 aliphatic heterocycles. The van der Waals surface area contributed by atoms with Gasteiger partial charge in [0, 0.05) is 18.8 Å². The number of nitrogens with zero attached hydrogens (tertiary/aromatic N) is 4. The Balaban J connectivity index is 2.24. The van der Waals surface area contributed by atoms with Crippen LogP contribution in [-0.2, 0) is 0 Å². The fourth-order valence-corrected chi connectivity index (χ4v) is 1.62. The lowest BCUT2D eigenvalue weighted by atomic mass is 10.4. The second kappa shape index (κ2) is 4.96. The van der Waals surface area contributed by atoms with Crippen LogP contribution in [-0.4, -0.2) is 45.3 Å². The topological polar surface area (TPSA) is 108 Å². The molecule has 1 aliphatic carbocycles. The second-order valence-electron chi connectivity index (χ2n) is 3.88. The lowest BCUT2D eigenvalue weighted by Crippen LogP contribution is -2.31. The smallest absolute Gasteiger partial charge is 0.226 e. The maximum absolute atomic E-state index is 9.01. The van der Waals surface area contributed by atoms with Gasteiger partial charge in [-0.15, -0.1) is 0 Å². The highest BCUT2D eigenvalue weighted by Crippen LogP contribution is 2.29. The van der Waals surface area contributed by atoms with E-state index in [0.29, 0.717) is 24.2 Å². The predicted molar refractivity (Wildman–Crippen MR) is 62.0 cm³/mol. The van der Waals surface area contributed by atoms with Crippen LogP contribution < -0.4 is 10.6 Å². The third kappa shape index (κ3) is 2.62. The summed E-state index contributed by atoms with van der Waals surface area (Å²) in [7, 11) is 0. The van der Waals surface area contributed by atoms with Gasteiger partial charge in [0.1, 0.15) is 5.69 Å². The summed E-state index contributed by atoms with van der Waals surface area (Å²) in [6.07, 6.45) is 3.72. The highest BCUT2D eigenvalue weighted by molar-refractivity contribution is 5.95. The van der Waals surface area contributed by atoms with Crippen LogP contribution in [0.2, 0.25) is 0 Å². The number of aromatic nitrogens is 2. The number of hydrogen-bond donors (Lipinski definition) is 3. The van der Waals surface area contributed by atoms with Gasteiger partial charge in [-0.2, -0.15) is 0 Å². The van der Waals surface area contributed by atoms with Gasteiger partial charge in [0.25, 0.3) is 0 Å². The average Bonchev–Trinajstić information content (AvgIpc) is 3.19. The molecule has 1 saturated carbocycles. The number of anilines is 1. The third-order valence-electron chi connectivity index (χ3n) is 2.60. The summed E-state index contributed by atoms with van der Waals surface area (Å²) in [5, 5.41) is 20.5. The number of oxime groups is 1. The summed E-state index contributed by atoms with van der Waals surface area (Å²) in [6, 6.07) is 1.97. The van der Waals surface area contributed by atoms with Crippen molar-refractivity contribution in [3.05, 3.63) is 18.0 Å². The van der Waals surface area contributed by atoms with Crippen LogP contribution in [0, 0.1) is 0 Å². The Labute approximate surface area is 98.6 Å². The molecule has 7 nitrogen and oxygen atoms in total. The van der Waals surface area contributed by atoms with E-state index >= 15 is 0 Å². The van der Waals surface area contributed by atoms with Crippen LogP contribution in [0.15, 0.2) is 17.4 Å². The van der Waals surface area contributed by atoms with Crippen LogP contribution in [0.1, 0.15) is 18.5 Å². The maximum atomic E-state index is 9.01. The van der Waals surface area contributed by atoms with Gasteiger partial charge in [-0.05, 0) is 18.9 Å².